The molecule has 0 saturated carbocycles. The molecule has 0 bridgehead atoms. The van der Waals surface area contributed by atoms with Crippen LogP contribution in [0.15, 0.2) is 54.6 Å². The monoisotopic (exact) mass is 393 g/mol. The number of sulfone groups is 1. The van der Waals surface area contributed by atoms with Gasteiger partial charge in [-0.3, -0.25) is 4.79 Å². The van der Waals surface area contributed by atoms with Crippen LogP contribution in [0.4, 0.5) is 0 Å². The number of carbonyl (C=O) groups is 2. The maximum atomic E-state index is 12.7. The van der Waals surface area contributed by atoms with E-state index in [4.69, 9.17) is 11.6 Å². The number of benzene rings is 2. The first kappa shape index (κ1) is 18.4. The van der Waals surface area contributed by atoms with Gasteiger partial charge in [-0.25, -0.2) is 13.2 Å². The third-order valence-electron chi connectivity index (χ3n) is 4.15. The van der Waals surface area contributed by atoms with Crippen LogP contribution >= 0.6 is 11.6 Å². The SMILES string of the molecule is O=C1NOC(=O)C1C(CS(=O)(=O)Cc1ccc(Cl)cc1)c1ccccc1. The minimum Gasteiger partial charge on any atom is -0.340 e. The highest BCUT2D eigenvalue weighted by molar-refractivity contribution is 7.90. The smallest absolute Gasteiger partial charge is 0.340 e. The molecule has 2 aromatic carbocycles. The van der Waals surface area contributed by atoms with Gasteiger partial charge in [-0.2, -0.15) is 5.48 Å². The van der Waals surface area contributed by atoms with Gasteiger partial charge in [0.15, 0.2) is 9.84 Å². The zero-order chi connectivity index (χ0) is 18.7. The van der Waals surface area contributed by atoms with Crippen molar-refractivity contribution in [1.29, 1.82) is 0 Å². The van der Waals surface area contributed by atoms with Crippen molar-refractivity contribution in [2.45, 2.75) is 11.7 Å². The quantitative estimate of drug-likeness (QED) is 0.760. The fraction of sp³-hybridized carbons (Fsp3) is 0.222. The molecule has 2 atom stereocenters. The summed E-state index contributed by atoms with van der Waals surface area (Å²) in [5.74, 6) is -4.00. The largest absolute Gasteiger partial charge is 0.345 e. The summed E-state index contributed by atoms with van der Waals surface area (Å²) in [5.41, 5.74) is 3.19. The third kappa shape index (κ3) is 4.23. The maximum absolute atomic E-state index is 12.7. The minimum absolute atomic E-state index is 0.211. The number of carbonyl (C=O) groups excluding carboxylic acids is 2. The molecule has 1 aliphatic rings. The third-order valence-corrected chi connectivity index (χ3v) is 6.04. The predicted octanol–water partition coefficient (Wildman–Crippen LogP) is 2.24. The van der Waals surface area contributed by atoms with Crippen molar-refractivity contribution in [2.75, 3.05) is 5.75 Å². The molecular formula is C18H16ClNO5S. The second kappa shape index (κ2) is 7.47. The molecule has 8 heteroatoms. The molecule has 1 saturated heterocycles. The molecule has 1 fully saturated rings. The zero-order valence-electron chi connectivity index (χ0n) is 13.6. The topological polar surface area (TPSA) is 89.5 Å². The van der Waals surface area contributed by atoms with Gasteiger partial charge in [0.25, 0.3) is 5.91 Å². The van der Waals surface area contributed by atoms with Gasteiger partial charge in [0.2, 0.25) is 0 Å². The minimum atomic E-state index is -3.61. The Morgan fingerprint density at radius 2 is 1.69 bits per heavy atom. The molecule has 3 rings (SSSR count). The zero-order valence-corrected chi connectivity index (χ0v) is 15.2. The van der Waals surface area contributed by atoms with E-state index < -0.39 is 33.5 Å². The summed E-state index contributed by atoms with van der Waals surface area (Å²) in [7, 11) is -3.61. The first-order chi connectivity index (χ1) is 12.4. The number of hydrogen-bond donors (Lipinski definition) is 1. The number of hydroxylamine groups is 1. The van der Waals surface area contributed by atoms with Crippen LogP contribution in [0.2, 0.25) is 5.02 Å². The van der Waals surface area contributed by atoms with Gasteiger partial charge in [0.1, 0.15) is 5.92 Å². The fourth-order valence-corrected chi connectivity index (χ4v) is 4.81. The Bertz CT molecular complexity index is 896. The van der Waals surface area contributed by atoms with E-state index in [2.05, 4.69) is 4.84 Å². The van der Waals surface area contributed by atoms with E-state index in [1.165, 1.54) is 0 Å². The summed E-state index contributed by atoms with van der Waals surface area (Å²) < 4.78 is 25.4. The molecule has 6 nitrogen and oxygen atoms in total. The highest BCUT2D eigenvalue weighted by Gasteiger charge is 2.44. The number of rotatable bonds is 6. The summed E-state index contributed by atoms with van der Waals surface area (Å²) in [6.45, 7) is 0. The van der Waals surface area contributed by atoms with Crippen LogP contribution in [0.3, 0.4) is 0 Å². The first-order valence-corrected chi connectivity index (χ1v) is 10.1. The Morgan fingerprint density at radius 1 is 1.04 bits per heavy atom. The average molecular weight is 394 g/mol. The molecule has 2 unspecified atom stereocenters. The standard InChI is InChI=1S/C18H16ClNO5S/c19-14-8-6-12(7-9-14)10-26(23,24)11-15(13-4-2-1-3-5-13)16-17(21)20-25-18(16)22/h1-9,15-16H,10-11H2,(H,20,21). The van der Waals surface area contributed by atoms with Crippen molar-refractivity contribution in [3.8, 4) is 0 Å². The lowest BCUT2D eigenvalue weighted by Gasteiger charge is -2.19. The van der Waals surface area contributed by atoms with E-state index in [9.17, 15) is 18.0 Å². The molecule has 1 aliphatic heterocycles. The Kier molecular flexibility index (Phi) is 5.29. The second-order valence-corrected chi connectivity index (χ2v) is 8.61. The molecule has 1 heterocycles. The molecule has 2 aromatic rings. The summed E-state index contributed by atoms with van der Waals surface area (Å²) in [4.78, 5) is 28.6. The van der Waals surface area contributed by atoms with Crippen molar-refractivity contribution in [3.63, 3.8) is 0 Å². The van der Waals surface area contributed by atoms with Crippen LogP contribution in [0.5, 0.6) is 0 Å². The lowest BCUT2D eigenvalue weighted by atomic mass is 9.87. The van der Waals surface area contributed by atoms with Gasteiger partial charge in [0, 0.05) is 10.9 Å². The van der Waals surface area contributed by atoms with Gasteiger partial charge in [-0.05, 0) is 23.3 Å². The Morgan fingerprint density at radius 3 is 2.27 bits per heavy atom. The highest BCUT2D eigenvalue weighted by atomic mass is 35.5. The second-order valence-electron chi connectivity index (χ2n) is 6.06. The Labute approximate surface area is 156 Å². The molecule has 0 aromatic heterocycles. The molecule has 136 valence electrons. The van der Waals surface area contributed by atoms with Gasteiger partial charge in [-0.1, -0.05) is 54.1 Å². The van der Waals surface area contributed by atoms with Crippen LogP contribution in [-0.2, 0) is 30.0 Å². The normalized spacial score (nSPS) is 18.3. The number of amides is 1. The first-order valence-electron chi connectivity index (χ1n) is 7.86. The van der Waals surface area contributed by atoms with Crippen LogP contribution in [-0.4, -0.2) is 26.0 Å². The Balaban J connectivity index is 1.88. The highest BCUT2D eigenvalue weighted by Crippen LogP contribution is 2.31. The lowest BCUT2D eigenvalue weighted by molar-refractivity contribution is -0.146. The van der Waals surface area contributed by atoms with Crippen LogP contribution in [0, 0.1) is 5.92 Å². The number of hydrogen-bond acceptors (Lipinski definition) is 5. The maximum Gasteiger partial charge on any atom is 0.345 e. The van der Waals surface area contributed by atoms with E-state index in [0.717, 1.165) is 0 Å². The van der Waals surface area contributed by atoms with E-state index >= 15 is 0 Å². The van der Waals surface area contributed by atoms with Gasteiger partial charge < -0.3 is 4.84 Å². The van der Waals surface area contributed by atoms with Crippen molar-refractivity contribution < 1.29 is 22.8 Å². The number of halogens is 1. The van der Waals surface area contributed by atoms with Crippen LogP contribution in [0.25, 0.3) is 0 Å². The van der Waals surface area contributed by atoms with E-state index in [1.54, 1.807) is 54.6 Å². The van der Waals surface area contributed by atoms with Crippen molar-refractivity contribution in [1.82, 2.24) is 5.48 Å². The Hall–Kier alpha value is -2.38. The van der Waals surface area contributed by atoms with E-state index in [0.29, 0.717) is 16.1 Å². The van der Waals surface area contributed by atoms with E-state index in [-0.39, 0.29) is 11.5 Å². The summed E-state index contributed by atoms with van der Waals surface area (Å²) in [6.07, 6.45) is 0. The summed E-state index contributed by atoms with van der Waals surface area (Å²) in [5, 5.41) is 0.513. The average Bonchev–Trinajstić information content (AvgIpc) is 2.94. The molecule has 0 radical (unpaired) electrons. The molecule has 26 heavy (non-hydrogen) atoms. The van der Waals surface area contributed by atoms with Crippen molar-refractivity contribution in [2.24, 2.45) is 5.92 Å². The summed E-state index contributed by atoms with van der Waals surface area (Å²) >= 11 is 5.82. The predicted molar refractivity (Wildman–Crippen MR) is 95.9 cm³/mol. The van der Waals surface area contributed by atoms with E-state index in [1.807, 2.05) is 5.48 Å². The van der Waals surface area contributed by atoms with Crippen LogP contribution in [0.1, 0.15) is 17.0 Å². The molecular weight excluding hydrogens is 378 g/mol. The fourth-order valence-electron chi connectivity index (χ4n) is 2.93. The molecule has 0 aliphatic carbocycles. The molecule has 1 amide bonds. The van der Waals surface area contributed by atoms with Gasteiger partial charge in [0.05, 0.1) is 11.5 Å². The van der Waals surface area contributed by atoms with Gasteiger partial charge >= 0.3 is 5.97 Å². The van der Waals surface area contributed by atoms with Crippen molar-refractivity contribution >= 4 is 33.3 Å². The summed E-state index contributed by atoms with van der Waals surface area (Å²) in [6, 6.07) is 15.1. The number of nitrogens with one attached hydrogen (secondary N) is 1. The van der Waals surface area contributed by atoms with Crippen LogP contribution < -0.4 is 5.48 Å². The van der Waals surface area contributed by atoms with Gasteiger partial charge in [-0.15, -0.1) is 0 Å². The lowest BCUT2D eigenvalue weighted by Crippen LogP contribution is -2.31. The van der Waals surface area contributed by atoms with Crippen molar-refractivity contribution in [3.05, 3.63) is 70.7 Å². The molecule has 0 spiro atoms. The molecule has 1 N–H and O–H groups in total.